The summed E-state index contributed by atoms with van der Waals surface area (Å²) in [5.74, 6) is -2.61. The molecule has 0 bridgehead atoms. The summed E-state index contributed by atoms with van der Waals surface area (Å²) in [4.78, 5) is 34.9. The summed E-state index contributed by atoms with van der Waals surface area (Å²) in [5.41, 5.74) is 1.94. The molecule has 1 aliphatic rings. The molecule has 0 amide bonds. The van der Waals surface area contributed by atoms with Gasteiger partial charge >= 0.3 is 17.8 Å². The fraction of sp³-hybridized carbons (Fsp3) is 0.438. The van der Waals surface area contributed by atoms with Crippen LogP contribution in [-0.2, 0) is 19.1 Å². The second-order valence-corrected chi connectivity index (χ2v) is 5.75. The number of aryl methyl sites for hydroxylation is 1. The van der Waals surface area contributed by atoms with Gasteiger partial charge in [0.25, 0.3) is 0 Å². The van der Waals surface area contributed by atoms with Crippen molar-refractivity contribution >= 4 is 23.1 Å². The van der Waals surface area contributed by atoms with Crippen LogP contribution in [0.15, 0.2) is 25.8 Å². The number of carbonyl (C=O) groups is 2. The Morgan fingerprint density at radius 2 is 1.91 bits per heavy atom. The molecule has 7 nitrogen and oxygen atoms in total. The number of fused-ring (bicyclic) bond motifs is 1. The summed E-state index contributed by atoms with van der Waals surface area (Å²) >= 11 is 0. The monoisotopic (exact) mass is 320 g/mol. The van der Waals surface area contributed by atoms with Gasteiger partial charge in [-0.05, 0) is 12.5 Å². The average molecular weight is 320 g/mol. The predicted octanol–water partition coefficient (Wildman–Crippen LogP) is 1.90. The number of cyclic esters (lactones) is 1. The van der Waals surface area contributed by atoms with Crippen LogP contribution in [0.3, 0.4) is 0 Å². The minimum Gasteiger partial charge on any atom is -0.463 e. The molecule has 0 unspecified atom stereocenters. The minimum absolute atomic E-state index is 0.122. The lowest BCUT2D eigenvalue weighted by Crippen LogP contribution is -2.43. The van der Waals surface area contributed by atoms with E-state index in [-0.39, 0.29) is 18.1 Å². The SMILES string of the molecule is CC(=O)O[C@@H]1C(=O)OC[C@@H](C)[C@@H]1c1ccc(C)c2oc(=O)oc12. The van der Waals surface area contributed by atoms with Gasteiger partial charge in [-0.1, -0.05) is 19.1 Å². The largest absolute Gasteiger partial charge is 0.519 e. The van der Waals surface area contributed by atoms with E-state index in [1.165, 1.54) is 6.92 Å². The van der Waals surface area contributed by atoms with Gasteiger partial charge in [-0.3, -0.25) is 4.79 Å². The molecule has 1 aromatic heterocycles. The van der Waals surface area contributed by atoms with Crippen molar-refractivity contribution in [2.24, 2.45) is 5.92 Å². The van der Waals surface area contributed by atoms with Gasteiger partial charge in [0.15, 0.2) is 11.2 Å². The summed E-state index contributed by atoms with van der Waals surface area (Å²) in [7, 11) is 0. The van der Waals surface area contributed by atoms with Crippen molar-refractivity contribution in [1.82, 2.24) is 0 Å². The zero-order valence-electron chi connectivity index (χ0n) is 13.0. The van der Waals surface area contributed by atoms with Crippen molar-refractivity contribution in [2.45, 2.75) is 32.8 Å². The molecule has 0 spiro atoms. The predicted molar refractivity (Wildman–Crippen MR) is 77.9 cm³/mol. The highest BCUT2D eigenvalue weighted by molar-refractivity contribution is 5.83. The highest BCUT2D eigenvalue weighted by Crippen LogP contribution is 2.38. The van der Waals surface area contributed by atoms with Gasteiger partial charge in [-0.25, -0.2) is 9.59 Å². The van der Waals surface area contributed by atoms with Crippen molar-refractivity contribution in [3.05, 3.63) is 33.9 Å². The van der Waals surface area contributed by atoms with Gasteiger partial charge in [0.2, 0.25) is 6.10 Å². The molecule has 0 N–H and O–H groups in total. The number of hydrogen-bond donors (Lipinski definition) is 0. The summed E-state index contributed by atoms with van der Waals surface area (Å²) in [5, 5.41) is 0. The quantitative estimate of drug-likeness (QED) is 0.780. The molecule has 23 heavy (non-hydrogen) atoms. The van der Waals surface area contributed by atoms with Crippen LogP contribution < -0.4 is 5.82 Å². The third-order valence-electron chi connectivity index (χ3n) is 4.02. The second-order valence-electron chi connectivity index (χ2n) is 5.75. The molecule has 1 aliphatic heterocycles. The topological polar surface area (TPSA) is 96.0 Å². The number of esters is 2. The van der Waals surface area contributed by atoms with E-state index in [0.717, 1.165) is 5.56 Å². The van der Waals surface area contributed by atoms with Crippen LogP contribution in [0.1, 0.15) is 30.9 Å². The van der Waals surface area contributed by atoms with Crippen LogP contribution in [0.2, 0.25) is 0 Å². The molecule has 1 fully saturated rings. The number of rotatable bonds is 2. The molecule has 1 aromatic carbocycles. The van der Waals surface area contributed by atoms with E-state index in [4.69, 9.17) is 18.3 Å². The van der Waals surface area contributed by atoms with E-state index in [1.54, 1.807) is 19.1 Å². The van der Waals surface area contributed by atoms with Gasteiger partial charge in [-0.2, -0.15) is 0 Å². The van der Waals surface area contributed by atoms with E-state index in [1.807, 2.05) is 6.92 Å². The molecule has 0 aliphatic carbocycles. The molecule has 122 valence electrons. The summed E-state index contributed by atoms with van der Waals surface area (Å²) in [6, 6.07) is 3.53. The summed E-state index contributed by atoms with van der Waals surface area (Å²) < 4.78 is 20.4. The zero-order chi connectivity index (χ0) is 16.7. The maximum atomic E-state index is 12.1. The smallest absolute Gasteiger partial charge is 0.463 e. The number of hydrogen-bond acceptors (Lipinski definition) is 7. The Kier molecular flexibility index (Phi) is 3.71. The highest BCUT2D eigenvalue weighted by atomic mass is 16.6. The third kappa shape index (κ3) is 2.62. The number of benzene rings is 1. The van der Waals surface area contributed by atoms with Crippen LogP contribution in [0, 0.1) is 12.8 Å². The molecule has 7 heteroatoms. The first-order valence-electron chi connectivity index (χ1n) is 7.25. The third-order valence-corrected chi connectivity index (χ3v) is 4.02. The van der Waals surface area contributed by atoms with Crippen LogP contribution in [0.5, 0.6) is 0 Å². The van der Waals surface area contributed by atoms with E-state index in [9.17, 15) is 14.4 Å². The summed E-state index contributed by atoms with van der Waals surface area (Å²) in [6.07, 6.45) is -1.08. The normalized spacial score (nSPS) is 24.5. The van der Waals surface area contributed by atoms with Crippen molar-refractivity contribution < 1.29 is 27.9 Å². The van der Waals surface area contributed by atoms with Crippen molar-refractivity contribution in [3.8, 4) is 0 Å². The lowest BCUT2D eigenvalue weighted by atomic mass is 9.81. The molecule has 3 atom stereocenters. The van der Waals surface area contributed by atoms with Gasteiger partial charge in [0.05, 0.1) is 6.61 Å². The van der Waals surface area contributed by atoms with E-state index >= 15 is 0 Å². The lowest BCUT2D eigenvalue weighted by molar-refractivity contribution is -0.177. The minimum atomic E-state index is -1.08. The Morgan fingerprint density at radius 1 is 1.22 bits per heavy atom. The second kappa shape index (κ2) is 5.57. The highest BCUT2D eigenvalue weighted by Gasteiger charge is 2.43. The maximum Gasteiger partial charge on any atom is 0.519 e. The van der Waals surface area contributed by atoms with E-state index in [2.05, 4.69) is 0 Å². The van der Waals surface area contributed by atoms with Crippen LogP contribution in [0.25, 0.3) is 11.2 Å². The molecule has 3 rings (SSSR count). The van der Waals surface area contributed by atoms with E-state index in [0.29, 0.717) is 11.1 Å². The number of carbonyl (C=O) groups excluding carboxylic acids is 2. The van der Waals surface area contributed by atoms with Crippen LogP contribution in [-0.4, -0.2) is 24.6 Å². The Hall–Kier alpha value is -2.57. The maximum absolute atomic E-state index is 12.1. The van der Waals surface area contributed by atoms with E-state index < -0.39 is 29.8 Å². The number of ether oxygens (including phenoxy) is 2. The zero-order valence-corrected chi connectivity index (χ0v) is 13.0. The molecular formula is C16H16O7. The van der Waals surface area contributed by atoms with Gasteiger partial charge in [0.1, 0.15) is 0 Å². The Bertz CT molecular complexity index is 829. The summed E-state index contributed by atoms with van der Waals surface area (Å²) in [6.45, 7) is 5.08. The molecule has 0 radical (unpaired) electrons. The Balaban J connectivity index is 2.17. The first-order chi connectivity index (χ1) is 10.9. The average Bonchev–Trinajstić information content (AvgIpc) is 2.87. The molecule has 2 aromatic rings. The van der Waals surface area contributed by atoms with Crippen LogP contribution >= 0.6 is 0 Å². The van der Waals surface area contributed by atoms with Crippen molar-refractivity contribution in [1.29, 1.82) is 0 Å². The molecule has 0 saturated carbocycles. The fourth-order valence-electron chi connectivity index (χ4n) is 2.97. The van der Waals surface area contributed by atoms with Crippen LogP contribution in [0.4, 0.5) is 0 Å². The first kappa shape index (κ1) is 15.3. The lowest BCUT2D eigenvalue weighted by Gasteiger charge is -2.34. The standard InChI is InChI=1S/C16H16O7/c1-7-4-5-10(13-12(7)22-16(19)23-13)11-8(2)6-20-15(18)14(11)21-9(3)17/h4-5,8,11,14H,6H2,1-3H3/t8-,11-,14+/m1/s1. The molecule has 1 saturated heterocycles. The molecule has 2 heterocycles. The van der Waals surface area contributed by atoms with Crippen molar-refractivity contribution in [3.63, 3.8) is 0 Å². The van der Waals surface area contributed by atoms with Gasteiger partial charge in [-0.15, -0.1) is 0 Å². The van der Waals surface area contributed by atoms with Gasteiger partial charge in [0, 0.05) is 24.3 Å². The molecular weight excluding hydrogens is 304 g/mol. The fourth-order valence-corrected chi connectivity index (χ4v) is 2.97. The Labute approximate surface area is 131 Å². The Morgan fingerprint density at radius 3 is 2.61 bits per heavy atom. The van der Waals surface area contributed by atoms with Gasteiger partial charge < -0.3 is 18.3 Å². The van der Waals surface area contributed by atoms with Crippen molar-refractivity contribution in [2.75, 3.05) is 6.61 Å². The first-order valence-corrected chi connectivity index (χ1v) is 7.25.